The van der Waals surface area contributed by atoms with Crippen molar-refractivity contribution >= 4 is 62.4 Å². The van der Waals surface area contributed by atoms with Gasteiger partial charge in [0.25, 0.3) is 5.56 Å². The van der Waals surface area contributed by atoms with Gasteiger partial charge in [0, 0.05) is 16.0 Å². The second-order valence-electron chi connectivity index (χ2n) is 9.72. The third-order valence-electron chi connectivity index (χ3n) is 6.99. The van der Waals surface area contributed by atoms with Gasteiger partial charge in [-0.05, 0) is 36.4 Å². The SMILES string of the molecule is O=c1c2cc(Cl)cc(Cl)c2nc(CSc2nnc3c4ccccc4nc(-c4ccccc4)n23)n1-c1ccccc1C(F)(F)F. The van der Waals surface area contributed by atoms with Crippen molar-refractivity contribution in [1.82, 2.24) is 29.1 Å². The maximum absolute atomic E-state index is 14.1. The molecule has 0 atom stereocenters. The Morgan fingerprint density at radius 2 is 1.55 bits per heavy atom. The molecule has 44 heavy (non-hydrogen) atoms. The van der Waals surface area contributed by atoms with Gasteiger partial charge in [0.2, 0.25) is 0 Å². The third-order valence-corrected chi connectivity index (χ3v) is 8.42. The van der Waals surface area contributed by atoms with Crippen LogP contribution in [0.2, 0.25) is 10.0 Å². The average Bonchev–Trinajstić information content (AvgIpc) is 3.44. The van der Waals surface area contributed by atoms with Crippen LogP contribution in [0.4, 0.5) is 13.2 Å². The first-order chi connectivity index (χ1) is 21.2. The van der Waals surface area contributed by atoms with Crippen LogP contribution >= 0.6 is 35.0 Å². The van der Waals surface area contributed by atoms with Crippen molar-refractivity contribution in [2.24, 2.45) is 0 Å². The van der Waals surface area contributed by atoms with E-state index in [4.69, 9.17) is 28.2 Å². The normalized spacial score (nSPS) is 12.0. The number of benzene rings is 4. The molecule has 0 spiro atoms. The van der Waals surface area contributed by atoms with E-state index in [9.17, 15) is 18.0 Å². The highest BCUT2D eigenvalue weighted by Crippen LogP contribution is 2.36. The van der Waals surface area contributed by atoms with Crippen LogP contribution in [0, 0.1) is 0 Å². The van der Waals surface area contributed by atoms with E-state index in [0.717, 1.165) is 38.9 Å². The van der Waals surface area contributed by atoms with E-state index in [-0.39, 0.29) is 38.2 Å². The molecular formula is C31H17Cl2F3N6OS. The molecule has 218 valence electrons. The maximum Gasteiger partial charge on any atom is 0.418 e. The molecule has 7 aromatic rings. The summed E-state index contributed by atoms with van der Waals surface area (Å²) in [6, 6.07) is 24.6. The largest absolute Gasteiger partial charge is 0.418 e. The Kier molecular flexibility index (Phi) is 7.03. The topological polar surface area (TPSA) is 78.0 Å². The number of hydrogen-bond donors (Lipinski definition) is 0. The molecule has 0 aliphatic carbocycles. The first-order valence-corrected chi connectivity index (χ1v) is 14.8. The van der Waals surface area contributed by atoms with Gasteiger partial charge in [0.1, 0.15) is 11.6 Å². The molecule has 0 aliphatic heterocycles. The lowest BCUT2D eigenvalue weighted by Gasteiger charge is -2.18. The number of thioether (sulfide) groups is 1. The number of nitrogens with zero attached hydrogens (tertiary/aromatic N) is 6. The molecular weight excluding hydrogens is 632 g/mol. The summed E-state index contributed by atoms with van der Waals surface area (Å²) in [7, 11) is 0. The van der Waals surface area contributed by atoms with Crippen molar-refractivity contribution in [2.75, 3.05) is 0 Å². The second-order valence-corrected chi connectivity index (χ2v) is 11.5. The van der Waals surface area contributed by atoms with Gasteiger partial charge in [-0.3, -0.25) is 13.8 Å². The average molecular weight is 649 g/mol. The van der Waals surface area contributed by atoms with E-state index >= 15 is 0 Å². The number of para-hydroxylation sites is 2. The van der Waals surface area contributed by atoms with Gasteiger partial charge in [-0.15, -0.1) is 10.2 Å². The monoisotopic (exact) mass is 648 g/mol. The third kappa shape index (κ3) is 4.86. The van der Waals surface area contributed by atoms with Crippen LogP contribution < -0.4 is 5.56 Å². The molecule has 0 unspecified atom stereocenters. The first-order valence-electron chi connectivity index (χ1n) is 13.1. The smallest absolute Gasteiger partial charge is 0.268 e. The number of fused-ring (bicyclic) bond motifs is 4. The van der Waals surface area contributed by atoms with E-state index in [0.29, 0.717) is 16.6 Å². The minimum absolute atomic E-state index is 0.0109. The molecule has 0 aliphatic rings. The van der Waals surface area contributed by atoms with Crippen molar-refractivity contribution in [1.29, 1.82) is 0 Å². The number of alkyl halides is 3. The number of rotatable bonds is 5. The minimum atomic E-state index is -4.73. The van der Waals surface area contributed by atoms with E-state index in [1.165, 1.54) is 30.3 Å². The fourth-order valence-electron chi connectivity index (χ4n) is 5.08. The molecule has 0 radical (unpaired) electrons. The number of aromatic nitrogens is 6. The summed E-state index contributed by atoms with van der Waals surface area (Å²) >= 11 is 13.7. The van der Waals surface area contributed by atoms with Gasteiger partial charge < -0.3 is 0 Å². The molecule has 0 N–H and O–H groups in total. The zero-order chi connectivity index (χ0) is 30.6. The zero-order valence-corrected chi connectivity index (χ0v) is 24.6. The van der Waals surface area contributed by atoms with Gasteiger partial charge >= 0.3 is 6.18 Å². The molecule has 4 aromatic carbocycles. The van der Waals surface area contributed by atoms with Crippen molar-refractivity contribution in [3.05, 3.63) is 123 Å². The zero-order valence-electron chi connectivity index (χ0n) is 22.3. The molecule has 7 nitrogen and oxygen atoms in total. The predicted molar refractivity (Wildman–Crippen MR) is 166 cm³/mol. The van der Waals surface area contributed by atoms with Crippen molar-refractivity contribution in [3.8, 4) is 17.1 Å². The summed E-state index contributed by atoms with van der Waals surface area (Å²) in [5.74, 6) is 0.550. The van der Waals surface area contributed by atoms with Crippen LogP contribution in [0.5, 0.6) is 0 Å². The van der Waals surface area contributed by atoms with Crippen molar-refractivity contribution < 1.29 is 13.2 Å². The Hall–Kier alpha value is -4.45. The summed E-state index contributed by atoms with van der Waals surface area (Å²) in [4.78, 5) is 23.4. The highest BCUT2D eigenvalue weighted by molar-refractivity contribution is 7.98. The minimum Gasteiger partial charge on any atom is -0.268 e. The van der Waals surface area contributed by atoms with Crippen LogP contribution in [0.3, 0.4) is 0 Å². The predicted octanol–water partition coefficient (Wildman–Crippen LogP) is 8.26. The molecule has 7 rings (SSSR count). The highest BCUT2D eigenvalue weighted by Gasteiger charge is 2.35. The van der Waals surface area contributed by atoms with Gasteiger partial charge in [-0.2, -0.15) is 13.2 Å². The summed E-state index contributed by atoms with van der Waals surface area (Å²) in [5, 5.41) is 10.3. The quantitative estimate of drug-likeness (QED) is 0.175. The Morgan fingerprint density at radius 3 is 2.34 bits per heavy atom. The fourth-order valence-corrected chi connectivity index (χ4v) is 6.46. The summed E-state index contributed by atoms with van der Waals surface area (Å²) in [5.41, 5.74) is 0.128. The van der Waals surface area contributed by atoms with E-state index in [1.54, 1.807) is 4.40 Å². The summed E-state index contributed by atoms with van der Waals surface area (Å²) in [6.45, 7) is 0. The highest BCUT2D eigenvalue weighted by atomic mass is 35.5. The van der Waals surface area contributed by atoms with Crippen LogP contribution in [-0.4, -0.2) is 29.1 Å². The van der Waals surface area contributed by atoms with Crippen LogP contribution in [0.25, 0.3) is 44.5 Å². The van der Waals surface area contributed by atoms with Crippen molar-refractivity contribution in [2.45, 2.75) is 17.1 Å². The molecule has 3 aromatic heterocycles. The van der Waals surface area contributed by atoms with Gasteiger partial charge in [-0.1, -0.05) is 89.6 Å². The summed E-state index contributed by atoms with van der Waals surface area (Å²) in [6.07, 6.45) is -4.73. The van der Waals surface area contributed by atoms with Crippen LogP contribution in [0.1, 0.15) is 11.4 Å². The van der Waals surface area contributed by atoms with Gasteiger partial charge in [0.05, 0.1) is 38.4 Å². The molecule has 0 saturated carbocycles. The maximum atomic E-state index is 14.1. The molecule has 0 amide bonds. The van der Waals surface area contributed by atoms with Crippen LogP contribution in [-0.2, 0) is 11.9 Å². The standard InChI is InChI=1S/C31H17Cl2F3N6OS/c32-18-14-20-26(22(33)15-18)38-25(41(29(20)43)24-13-7-5-11-21(24)31(34,35)36)16-44-30-40-39-28-19-10-4-6-12-23(19)37-27(42(28)30)17-8-2-1-3-9-17/h1-15H,16H2. The van der Waals surface area contributed by atoms with E-state index in [2.05, 4.69) is 15.2 Å². The molecule has 3 heterocycles. The fraction of sp³-hybridized carbons (Fsp3) is 0.0645. The van der Waals surface area contributed by atoms with Gasteiger partial charge in [-0.25, -0.2) is 9.97 Å². The summed E-state index contributed by atoms with van der Waals surface area (Å²) < 4.78 is 45.2. The van der Waals surface area contributed by atoms with Crippen molar-refractivity contribution in [3.63, 3.8) is 0 Å². The van der Waals surface area contributed by atoms with Gasteiger partial charge in [0.15, 0.2) is 10.8 Å². The molecule has 13 heteroatoms. The lowest BCUT2D eigenvalue weighted by atomic mass is 10.1. The number of halogens is 5. The molecule has 0 bridgehead atoms. The van der Waals surface area contributed by atoms with Crippen LogP contribution in [0.15, 0.2) is 101 Å². The number of hydrogen-bond acceptors (Lipinski definition) is 6. The van der Waals surface area contributed by atoms with E-state index in [1.807, 2.05) is 54.6 Å². The molecule has 0 saturated heterocycles. The Bertz CT molecular complexity index is 2290. The lowest BCUT2D eigenvalue weighted by Crippen LogP contribution is -2.26. The molecule has 0 fully saturated rings. The first kappa shape index (κ1) is 28.3. The lowest BCUT2D eigenvalue weighted by molar-refractivity contribution is -0.137. The Labute approximate surface area is 260 Å². The van der Waals surface area contributed by atoms with E-state index < -0.39 is 17.3 Å². The second kappa shape index (κ2) is 10.9. The Morgan fingerprint density at radius 1 is 0.818 bits per heavy atom. The Balaban J connectivity index is 1.43.